The molecule has 0 amide bonds. The van der Waals surface area contributed by atoms with Crippen molar-refractivity contribution in [3.63, 3.8) is 0 Å². The largest absolute Gasteiger partial charge is 0.497 e. The zero-order valence-corrected chi connectivity index (χ0v) is 16.5. The van der Waals surface area contributed by atoms with Gasteiger partial charge in [-0.1, -0.05) is 30.3 Å². The molecule has 0 bridgehead atoms. The lowest BCUT2D eigenvalue weighted by atomic mass is 9.89. The van der Waals surface area contributed by atoms with Gasteiger partial charge in [0.05, 0.1) is 38.7 Å². The van der Waals surface area contributed by atoms with Crippen LogP contribution in [0, 0.1) is 5.92 Å². The molecule has 2 aromatic carbocycles. The van der Waals surface area contributed by atoms with Gasteiger partial charge in [-0.25, -0.2) is 0 Å². The maximum Gasteiger partial charge on any atom is 0.311 e. The third kappa shape index (κ3) is 6.01. The fraction of sp³-hybridized carbons (Fsp3) is 0.364. The number of hydrogen-bond acceptors (Lipinski definition) is 6. The van der Waals surface area contributed by atoms with Crippen molar-refractivity contribution in [2.24, 2.45) is 5.92 Å². The van der Waals surface area contributed by atoms with Gasteiger partial charge in [0.1, 0.15) is 5.75 Å². The zero-order valence-electron chi connectivity index (χ0n) is 16.5. The molecule has 0 aromatic heterocycles. The van der Waals surface area contributed by atoms with Crippen molar-refractivity contribution in [2.75, 3.05) is 25.6 Å². The quantitative estimate of drug-likeness (QED) is 0.624. The van der Waals surface area contributed by atoms with Gasteiger partial charge >= 0.3 is 11.9 Å². The summed E-state index contributed by atoms with van der Waals surface area (Å²) in [6, 6.07) is 16.4. The van der Waals surface area contributed by atoms with E-state index < -0.39 is 23.9 Å². The number of rotatable bonds is 10. The van der Waals surface area contributed by atoms with Crippen molar-refractivity contribution in [3.05, 3.63) is 60.2 Å². The third-order valence-corrected chi connectivity index (χ3v) is 4.23. The van der Waals surface area contributed by atoms with E-state index in [1.165, 1.54) is 0 Å². The van der Waals surface area contributed by atoms with Gasteiger partial charge in [-0.15, -0.1) is 0 Å². The summed E-state index contributed by atoms with van der Waals surface area (Å²) in [5.74, 6) is -0.988. The van der Waals surface area contributed by atoms with Crippen LogP contribution < -0.4 is 10.1 Å². The molecule has 0 aliphatic rings. The minimum Gasteiger partial charge on any atom is -0.497 e. The normalized spacial score (nSPS) is 12.5. The van der Waals surface area contributed by atoms with E-state index in [4.69, 9.17) is 14.2 Å². The summed E-state index contributed by atoms with van der Waals surface area (Å²) >= 11 is 0. The lowest BCUT2D eigenvalue weighted by Crippen LogP contribution is -2.32. The highest BCUT2D eigenvalue weighted by atomic mass is 16.5. The first kappa shape index (κ1) is 21.3. The molecule has 1 N–H and O–H groups in total. The Bertz CT molecular complexity index is 763. The predicted octanol–water partition coefficient (Wildman–Crippen LogP) is 3.98. The van der Waals surface area contributed by atoms with E-state index in [-0.39, 0.29) is 19.6 Å². The number of carbonyl (C=O) groups excluding carboxylic acids is 2. The number of para-hydroxylation sites is 1. The highest BCUT2D eigenvalue weighted by molar-refractivity contribution is 5.81. The summed E-state index contributed by atoms with van der Waals surface area (Å²) < 4.78 is 15.7. The third-order valence-electron chi connectivity index (χ3n) is 4.23. The standard InChI is InChI=1S/C22H27NO5/c1-4-27-20(24)15-19(22(25)28-5-2)21(23-17-11-7-6-8-12-17)16-10-9-13-18(14-16)26-3/h6-14,19,21,23H,4-5,15H2,1-3H3. The number of anilines is 1. The Hall–Kier alpha value is -3.02. The van der Waals surface area contributed by atoms with Gasteiger partial charge < -0.3 is 19.5 Å². The van der Waals surface area contributed by atoms with E-state index in [1.54, 1.807) is 21.0 Å². The Morgan fingerprint density at radius 1 is 0.964 bits per heavy atom. The van der Waals surface area contributed by atoms with Crippen LogP contribution in [0.4, 0.5) is 5.69 Å². The van der Waals surface area contributed by atoms with E-state index in [9.17, 15) is 9.59 Å². The average molecular weight is 385 g/mol. The second kappa shape index (κ2) is 11.0. The molecular weight excluding hydrogens is 358 g/mol. The Labute approximate surface area is 165 Å². The maximum absolute atomic E-state index is 12.7. The van der Waals surface area contributed by atoms with Crippen LogP contribution in [0.5, 0.6) is 5.75 Å². The second-order valence-electron chi connectivity index (χ2n) is 6.13. The number of carbonyl (C=O) groups is 2. The maximum atomic E-state index is 12.7. The van der Waals surface area contributed by atoms with E-state index in [0.717, 1.165) is 11.3 Å². The molecule has 6 heteroatoms. The second-order valence-corrected chi connectivity index (χ2v) is 6.13. The highest BCUT2D eigenvalue weighted by Gasteiger charge is 2.34. The van der Waals surface area contributed by atoms with Gasteiger partial charge in [-0.2, -0.15) is 0 Å². The summed E-state index contributed by atoms with van der Waals surface area (Å²) in [5, 5.41) is 3.37. The lowest BCUT2D eigenvalue weighted by molar-refractivity contribution is -0.155. The fourth-order valence-corrected chi connectivity index (χ4v) is 2.95. The van der Waals surface area contributed by atoms with Gasteiger partial charge in [0, 0.05) is 5.69 Å². The number of hydrogen-bond donors (Lipinski definition) is 1. The molecule has 0 spiro atoms. The molecule has 0 fully saturated rings. The Morgan fingerprint density at radius 3 is 2.32 bits per heavy atom. The lowest BCUT2D eigenvalue weighted by Gasteiger charge is -2.27. The van der Waals surface area contributed by atoms with Crippen LogP contribution in [-0.4, -0.2) is 32.3 Å². The van der Waals surface area contributed by atoms with E-state index >= 15 is 0 Å². The molecule has 0 aliphatic heterocycles. The number of esters is 2. The molecule has 0 heterocycles. The van der Waals surface area contributed by atoms with Crippen molar-refractivity contribution >= 4 is 17.6 Å². The molecule has 0 radical (unpaired) electrons. The van der Waals surface area contributed by atoms with Crippen LogP contribution in [0.15, 0.2) is 54.6 Å². The van der Waals surface area contributed by atoms with Crippen molar-refractivity contribution in [1.82, 2.24) is 0 Å². The summed E-state index contributed by atoms with van der Waals surface area (Å²) in [5.41, 5.74) is 1.64. The van der Waals surface area contributed by atoms with Gasteiger partial charge in [-0.05, 0) is 43.7 Å². The smallest absolute Gasteiger partial charge is 0.311 e. The van der Waals surface area contributed by atoms with Crippen molar-refractivity contribution in [3.8, 4) is 5.75 Å². The topological polar surface area (TPSA) is 73.9 Å². The van der Waals surface area contributed by atoms with Crippen LogP contribution in [-0.2, 0) is 19.1 Å². The van der Waals surface area contributed by atoms with Crippen LogP contribution in [0.25, 0.3) is 0 Å². The van der Waals surface area contributed by atoms with Gasteiger partial charge in [-0.3, -0.25) is 9.59 Å². The molecule has 2 rings (SSSR count). The first-order valence-corrected chi connectivity index (χ1v) is 9.36. The summed E-state index contributed by atoms with van der Waals surface area (Å²) in [4.78, 5) is 24.9. The van der Waals surface area contributed by atoms with Crippen LogP contribution in [0.3, 0.4) is 0 Å². The molecule has 2 aromatic rings. The van der Waals surface area contributed by atoms with Gasteiger partial charge in [0.25, 0.3) is 0 Å². The van der Waals surface area contributed by atoms with Crippen LogP contribution in [0.1, 0.15) is 31.9 Å². The molecule has 2 unspecified atom stereocenters. The SMILES string of the molecule is CCOC(=O)CC(C(=O)OCC)C(Nc1ccccc1)c1cccc(OC)c1. The molecular formula is C22H27NO5. The van der Waals surface area contributed by atoms with E-state index in [0.29, 0.717) is 5.75 Å². The molecule has 6 nitrogen and oxygen atoms in total. The molecule has 0 aliphatic carbocycles. The first-order chi connectivity index (χ1) is 13.6. The first-order valence-electron chi connectivity index (χ1n) is 9.36. The Morgan fingerprint density at radius 2 is 1.68 bits per heavy atom. The van der Waals surface area contributed by atoms with Crippen LogP contribution in [0.2, 0.25) is 0 Å². The fourth-order valence-electron chi connectivity index (χ4n) is 2.95. The van der Waals surface area contributed by atoms with Crippen LogP contribution >= 0.6 is 0 Å². The monoisotopic (exact) mass is 385 g/mol. The van der Waals surface area contributed by atoms with Crippen molar-refractivity contribution < 1.29 is 23.8 Å². The van der Waals surface area contributed by atoms with E-state index in [1.807, 2.05) is 54.6 Å². The number of ether oxygens (including phenoxy) is 3. The number of nitrogens with one attached hydrogen (secondary N) is 1. The molecule has 2 atom stereocenters. The minimum absolute atomic E-state index is 0.0889. The summed E-state index contributed by atoms with van der Waals surface area (Å²) in [6.45, 7) is 3.96. The number of benzene rings is 2. The summed E-state index contributed by atoms with van der Waals surface area (Å²) in [6.07, 6.45) is -0.0889. The molecule has 0 saturated carbocycles. The average Bonchev–Trinajstić information content (AvgIpc) is 2.71. The Balaban J connectivity index is 2.43. The van der Waals surface area contributed by atoms with Crippen molar-refractivity contribution in [1.29, 1.82) is 0 Å². The van der Waals surface area contributed by atoms with Crippen molar-refractivity contribution in [2.45, 2.75) is 26.3 Å². The number of methoxy groups -OCH3 is 1. The molecule has 150 valence electrons. The molecule has 0 saturated heterocycles. The predicted molar refractivity (Wildman–Crippen MR) is 107 cm³/mol. The van der Waals surface area contributed by atoms with Gasteiger partial charge in [0.15, 0.2) is 0 Å². The minimum atomic E-state index is -0.758. The highest BCUT2D eigenvalue weighted by Crippen LogP contribution is 2.32. The Kier molecular flexibility index (Phi) is 8.34. The zero-order chi connectivity index (χ0) is 20.4. The summed E-state index contributed by atoms with van der Waals surface area (Å²) in [7, 11) is 1.58. The molecule has 28 heavy (non-hydrogen) atoms. The van der Waals surface area contributed by atoms with Gasteiger partial charge in [0.2, 0.25) is 0 Å². The van der Waals surface area contributed by atoms with E-state index in [2.05, 4.69) is 5.32 Å².